The number of aromatic nitrogens is 1. The number of thioether (sulfide) groups is 1. The summed E-state index contributed by atoms with van der Waals surface area (Å²) in [4.78, 5) is 18.8. The van der Waals surface area contributed by atoms with Crippen molar-refractivity contribution in [3.05, 3.63) is 36.0 Å². The highest BCUT2D eigenvalue weighted by Crippen LogP contribution is 2.34. The normalized spacial score (nSPS) is 21.8. The maximum Gasteiger partial charge on any atom is 0.308 e. The average molecular weight is 560 g/mol. The number of aliphatic carboxylic acids is 1. The van der Waals surface area contributed by atoms with Gasteiger partial charge in [0, 0.05) is 35.7 Å². The lowest BCUT2D eigenvalue weighted by atomic mass is 9.81. The molecule has 0 bridgehead atoms. The molecule has 202 valence electrons. The summed E-state index contributed by atoms with van der Waals surface area (Å²) >= 11 is 2.08. The standard InChI is InChI=1S/C27H38N2O4S.2ClH/c1-33-20-8-9-25-23(17-20)22(11-13-28-25)26(30)10-7-19-12-14-29(18-24(19)27(31)32)15-16-34-21-5-3-2-4-6-21;;/h8-9,11,13,17,19,21,24,26,30H,2-7,10,12,14-16,18H2,1H3,(H,31,32);2*1H/t19-,24+,26?;;/m1../s1. The molecule has 6 nitrogen and oxygen atoms in total. The number of carbonyl (C=O) groups is 1. The molecule has 2 N–H and O–H groups in total. The number of hydrogen-bond acceptors (Lipinski definition) is 6. The second-order valence-corrected chi connectivity index (χ2v) is 11.2. The number of halogens is 2. The predicted molar refractivity (Wildman–Crippen MR) is 152 cm³/mol. The van der Waals surface area contributed by atoms with Crippen LogP contribution in [0.5, 0.6) is 5.75 Å². The van der Waals surface area contributed by atoms with Gasteiger partial charge in [-0.1, -0.05) is 19.3 Å². The van der Waals surface area contributed by atoms with Crippen LogP contribution in [-0.2, 0) is 4.79 Å². The van der Waals surface area contributed by atoms with Crippen molar-refractivity contribution >= 4 is 53.4 Å². The molecule has 1 aliphatic heterocycles. The lowest BCUT2D eigenvalue weighted by Crippen LogP contribution is -2.44. The van der Waals surface area contributed by atoms with Gasteiger partial charge in [0.15, 0.2) is 0 Å². The maximum atomic E-state index is 12.1. The molecule has 1 aromatic carbocycles. The summed E-state index contributed by atoms with van der Waals surface area (Å²) in [6, 6.07) is 7.52. The Hall–Kier alpha value is -1.25. The minimum atomic E-state index is -0.705. The smallest absolute Gasteiger partial charge is 0.308 e. The van der Waals surface area contributed by atoms with Gasteiger partial charge in [-0.05, 0) is 74.4 Å². The molecule has 36 heavy (non-hydrogen) atoms. The van der Waals surface area contributed by atoms with Gasteiger partial charge in [-0.25, -0.2) is 0 Å². The van der Waals surface area contributed by atoms with Crippen LogP contribution in [0.4, 0.5) is 0 Å². The molecule has 0 spiro atoms. The first-order valence-corrected chi connectivity index (χ1v) is 13.8. The number of hydrogen-bond donors (Lipinski definition) is 2. The van der Waals surface area contributed by atoms with Crippen molar-refractivity contribution in [3.63, 3.8) is 0 Å². The molecule has 1 aliphatic carbocycles. The third-order valence-corrected chi connectivity index (χ3v) is 8.98. The summed E-state index contributed by atoms with van der Waals surface area (Å²) in [7, 11) is 1.63. The molecule has 1 unspecified atom stereocenters. The van der Waals surface area contributed by atoms with Crippen LogP contribution in [0.3, 0.4) is 0 Å². The first-order chi connectivity index (χ1) is 16.5. The van der Waals surface area contributed by atoms with Crippen LogP contribution in [0.1, 0.15) is 63.0 Å². The van der Waals surface area contributed by atoms with Gasteiger partial charge in [-0.3, -0.25) is 9.78 Å². The van der Waals surface area contributed by atoms with Crippen molar-refractivity contribution in [2.45, 2.75) is 62.7 Å². The molecule has 3 atom stereocenters. The highest BCUT2D eigenvalue weighted by atomic mass is 35.5. The van der Waals surface area contributed by atoms with E-state index in [0.717, 1.165) is 52.7 Å². The van der Waals surface area contributed by atoms with Crippen molar-refractivity contribution in [2.24, 2.45) is 11.8 Å². The molecular formula is C27H40Cl2N2O4S. The molecular weight excluding hydrogens is 519 g/mol. The van der Waals surface area contributed by atoms with Crippen molar-refractivity contribution in [2.75, 3.05) is 32.5 Å². The third-order valence-electron chi connectivity index (χ3n) is 7.62. The van der Waals surface area contributed by atoms with Gasteiger partial charge >= 0.3 is 5.97 Å². The number of rotatable bonds is 10. The first-order valence-electron chi connectivity index (χ1n) is 12.7. The van der Waals surface area contributed by atoms with Gasteiger partial charge < -0.3 is 19.8 Å². The predicted octanol–water partition coefficient (Wildman–Crippen LogP) is 5.99. The van der Waals surface area contributed by atoms with Crippen molar-refractivity contribution in [1.82, 2.24) is 9.88 Å². The topological polar surface area (TPSA) is 82.9 Å². The molecule has 2 heterocycles. The number of carboxylic acids is 1. The number of aliphatic hydroxyl groups excluding tert-OH is 1. The molecule has 2 aromatic rings. The summed E-state index contributed by atoms with van der Waals surface area (Å²) < 4.78 is 5.34. The highest BCUT2D eigenvalue weighted by Gasteiger charge is 2.34. The Morgan fingerprint density at radius 2 is 1.97 bits per heavy atom. The van der Waals surface area contributed by atoms with E-state index in [0.29, 0.717) is 19.4 Å². The summed E-state index contributed by atoms with van der Waals surface area (Å²) in [6.45, 7) is 2.55. The van der Waals surface area contributed by atoms with E-state index in [1.165, 1.54) is 32.1 Å². The fourth-order valence-electron chi connectivity index (χ4n) is 5.57. The Labute approximate surface area is 231 Å². The SMILES string of the molecule is COc1ccc2nccc(C(O)CC[C@@H]3CCN(CCSC4CCCCC4)C[C@@H]3C(=O)O)c2c1.Cl.Cl. The Kier molecular flexibility index (Phi) is 13.1. The minimum Gasteiger partial charge on any atom is -0.497 e. The number of piperidine rings is 1. The van der Waals surface area contributed by atoms with Crippen LogP contribution in [-0.4, -0.2) is 63.8 Å². The summed E-state index contributed by atoms with van der Waals surface area (Å²) in [6.07, 6.45) is 9.97. The summed E-state index contributed by atoms with van der Waals surface area (Å²) in [5.41, 5.74) is 1.65. The van der Waals surface area contributed by atoms with Gasteiger partial charge in [0.25, 0.3) is 0 Å². The van der Waals surface area contributed by atoms with E-state index in [9.17, 15) is 15.0 Å². The van der Waals surface area contributed by atoms with E-state index in [1.54, 1.807) is 13.3 Å². The molecule has 0 amide bonds. The van der Waals surface area contributed by atoms with E-state index in [4.69, 9.17) is 4.74 Å². The van der Waals surface area contributed by atoms with Crippen molar-refractivity contribution in [1.29, 1.82) is 0 Å². The van der Waals surface area contributed by atoms with E-state index in [2.05, 4.69) is 21.6 Å². The molecule has 1 saturated carbocycles. The number of fused-ring (bicyclic) bond motifs is 1. The first kappa shape index (κ1) is 31.0. The Morgan fingerprint density at radius 1 is 1.19 bits per heavy atom. The summed E-state index contributed by atoms with van der Waals surface area (Å²) in [5, 5.41) is 22.6. The van der Waals surface area contributed by atoms with Gasteiger partial charge in [0.2, 0.25) is 0 Å². The van der Waals surface area contributed by atoms with Crippen LogP contribution in [0, 0.1) is 11.8 Å². The second-order valence-electron chi connectivity index (χ2n) is 9.80. The fraction of sp³-hybridized carbons (Fsp3) is 0.630. The molecule has 2 aliphatic rings. The Balaban J connectivity index is 0.00000228. The molecule has 2 fully saturated rings. The van der Waals surface area contributed by atoms with Crippen molar-refractivity contribution in [3.8, 4) is 5.75 Å². The molecule has 9 heteroatoms. The van der Waals surface area contributed by atoms with E-state index >= 15 is 0 Å². The average Bonchev–Trinajstić information content (AvgIpc) is 2.87. The highest BCUT2D eigenvalue weighted by molar-refractivity contribution is 7.99. The zero-order chi connectivity index (χ0) is 23.9. The van der Waals surface area contributed by atoms with Crippen LogP contribution < -0.4 is 4.74 Å². The number of methoxy groups -OCH3 is 1. The number of likely N-dealkylation sites (tertiary alicyclic amines) is 1. The number of ether oxygens (including phenoxy) is 1. The van der Waals surface area contributed by atoms with Crippen LogP contribution in [0.15, 0.2) is 30.5 Å². The fourth-order valence-corrected chi connectivity index (χ4v) is 6.93. The van der Waals surface area contributed by atoms with E-state index in [-0.39, 0.29) is 36.6 Å². The minimum absolute atomic E-state index is 0. The van der Waals surface area contributed by atoms with Gasteiger partial charge in [-0.15, -0.1) is 24.8 Å². The summed E-state index contributed by atoms with van der Waals surface area (Å²) in [5.74, 6) is 0.850. The lowest BCUT2D eigenvalue weighted by molar-refractivity contribution is -0.146. The van der Waals surface area contributed by atoms with Gasteiger partial charge in [-0.2, -0.15) is 11.8 Å². The van der Waals surface area contributed by atoms with E-state index < -0.39 is 12.1 Å². The lowest BCUT2D eigenvalue weighted by Gasteiger charge is -2.37. The molecule has 1 saturated heterocycles. The van der Waals surface area contributed by atoms with E-state index in [1.807, 2.05) is 24.3 Å². The number of benzene rings is 1. The Morgan fingerprint density at radius 3 is 2.69 bits per heavy atom. The molecule has 0 radical (unpaired) electrons. The number of nitrogens with zero attached hydrogens (tertiary/aromatic N) is 2. The molecule has 1 aromatic heterocycles. The van der Waals surface area contributed by atoms with Crippen LogP contribution in [0.2, 0.25) is 0 Å². The van der Waals surface area contributed by atoms with Gasteiger partial charge in [0.1, 0.15) is 5.75 Å². The number of aliphatic hydroxyl groups is 1. The van der Waals surface area contributed by atoms with Gasteiger partial charge in [0.05, 0.1) is 24.6 Å². The maximum absolute atomic E-state index is 12.1. The number of carboxylic acid groups (broad SMARTS) is 1. The zero-order valence-electron chi connectivity index (χ0n) is 21.0. The van der Waals surface area contributed by atoms with Crippen LogP contribution >= 0.6 is 36.6 Å². The quantitative estimate of drug-likeness (QED) is 0.370. The molecule has 4 rings (SSSR count). The third kappa shape index (κ3) is 8.12. The van der Waals surface area contributed by atoms with Crippen LogP contribution in [0.25, 0.3) is 10.9 Å². The largest absolute Gasteiger partial charge is 0.497 e. The monoisotopic (exact) mass is 558 g/mol. The zero-order valence-corrected chi connectivity index (χ0v) is 23.5. The van der Waals surface area contributed by atoms with Crippen molar-refractivity contribution < 1.29 is 19.7 Å². The Bertz CT molecular complexity index is 961. The second kappa shape index (κ2) is 15.2. The number of pyridine rings is 1.